The maximum Gasteiger partial charge on any atom is 0.433 e. The molecule has 8 heteroatoms. The van der Waals surface area contributed by atoms with Crippen molar-refractivity contribution in [2.45, 2.75) is 12.3 Å². The number of benzene rings is 1. The molecule has 0 bridgehead atoms. The van der Waals surface area contributed by atoms with Gasteiger partial charge in [0.15, 0.2) is 0 Å². The molecule has 1 heterocycles. The first-order valence-corrected chi connectivity index (χ1v) is 7.82. The van der Waals surface area contributed by atoms with Crippen molar-refractivity contribution in [2.75, 3.05) is 0 Å². The molecule has 0 spiro atoms. The van der Waals surface area contributed by atoms with Gasteiger partial charge in [0.05, 0.1) is 0 Å². The Bertz CT molecular complexity index is 681. The van der Waals surface area contributed by atoms with Crippen LogP contribution in [0.25, 0.3) is 0 Å². The second-order valence-corrected chi connectivity index (χ2v) is 6.60. The summed E-state index contributed by atoms with van der Waals surface area (Å²) >= 11 is 11.1. The third-order valence-electron chi connectivity index (χ3n) is 2.72. The normalized spacial score (nSPS) is 13.3. The van der Waals surface area contributed by atoms with Gasteiger partial charge in [-0.05, 0) is 46.9 Å². The third-order valence-corrected chi connectivity index (χ3v) is 4.41. The fraction of sp³-hybridized carbons (Fsp3) is 0.154. The fourth-order valence-corrected chi connectivity index (χ4v) is 2.93. The molecule has 2 nitrogen and oxygen atoms in total. The monoisotopic (exact) mass is 491 g/mol. The van der Waals surface area contributed by atoms with E-state index in [2.05, 4.69) is 43.5 Å². The van der Waals surface area contributed by atoms with Crippen LogP contribution in [0, 0.1) is 3.57 Å². The SMILES string of the molecule is OC(c1cc(I)ccc1Br)c1ccc(C(F)(F)F)nc1Cl. The van der Waals surface area contributed by atoms with Crippen LogP contribution in [0.5, 0.6) is 0 Å². The number of aliphatic hydroxyl groups is 1. The van der Waals surface area contributed by atoms with E-state index in [1.54, 1.807) is 12.1 Å². The van der Waals surface area contributed by atoms with Crippen LogP contribution in [-0.2, 0) is 6.18 Å². The van der Waals surface area contributed by atoms with E-state index in [1.807, 2.05) is 6.07 Å². The Kier molecular flexibility index (Phi) is 5.17. The van der Waals surface area contributed by atoms with Crippen LogP contribution in [0.15, 0.2) is 34.8 Å². The van der Waals surface area contributed by atoms with Crippen molar-refractivity contribution in [3.05, 3.63) is 60.3 Å². The summed E-state index contributed by atoms with van der Waals surface area (Å²) < 4.78 is 39.2. The van der Waals surface area contributed by atoms with Crippen LogP contribution < -0.4 is 0 Å². The Balaban J connectivity index is 2.44. The molecule has 0 aliphatic rings. The lowest BCUT2D eigenvalue weighted by Gasteiger charge is -2.16. The Hall–Kier alpha value is -0.380. The van der Waals surface area contributed by atoms with Crippen LogP contribution in [0.1, 0.15) is 22.9 Å². The molecule has 0 aliphatic carbocycles. The summed E-state index contributed by atoms with van der Waals surface area (Å²) in [5, 5.41) is 9.96. The second kappa shape index (κ2) is 6.39. The number of halogens is 6. The minimum Gasteiger partial charge on any atom is -0.384 e. The number of aliphatic hydroxyl groups excluding tert-OH is 1. The lowest BCUT2D eigenvalue weighted by atomic mass is 10.0. The molecule has 0 fully saturated rings. The predicted molar refractivity (Wildman–Crippen MR) is 85.2 cm³/mol. The van der Waals surface area contributed by atoms with Crippen LogP contribution in [0.4, 0.5) is 13.2 Å². The molecule has 1 atom stereocenters. The highest BCUT2D eigenvalue weighted by atomic mass is 127. The zero-order chi connectivity index (χ0) is 15.8. The Labute approximate surface area is 145 Å². The van der Waals surface area contributed by atoms with Crippen molar-refractivity contribution in [2.24, 2.45) is 0 Å². The molecule has 2 rings (SSSR count). The van der Waals surface area contributed by atoms with E-state index in [1.165, 1.54) is 0 Å². The minimum absolute atomic E-state index is 0.118. The lowest BCUT2D eigenvalue weighted by Crippen LogP contribution is -2.10. The number of pyridine rings is 1. The summed E-state index contributed by atoms with van der Waals surface area (Å²) in [6.07, 6.45) is -5.74. The van der Waals surface area contributed by atoms with Gasteiger partial charge in [0.2, 0.25) is 0 Å². The van der Waals surface area contributed by atoms with E-state index in [4.69, 9.17) is 11.6 Å². The van der Waals surface area contributed by atoms with E-state index < -0.39 is 18.0 Å². The second-order valence-electron chi connectivity index (χ2n) is 4.14. The molecule has 112 valence electrons. The van der Waals surface area contributed by atoms with Gasteiger partial charge in [-0.2, -0.15) is 13.2 Å². The average Bonchev–Trinajstić information content (AvgIpc) is 2.39. The van der Waals surface area contributed by atoms with Crippen molar-refractivity contribution in [3.63, 3.8) is 0 Å². The summed E-state index contributed by atoms with van der Waals surface area (Å²) in [5.74, 6) is 0. The fourth-order valence-electron chi connectivity index (χ4n) is 1.70. The highest BCUT2D eigenvalue weighted by Crippen LogP contribution is 2.35. The summed E-state index contributed by atoms with van der Waals surface area (Å²) in [7, 11) is 0. The Morgan fingerprint density at radius 1 is 1.19 bits per heavy atom. The molecule has 0 radical (unpaired) electrons. The van der Waals surface area contributed by atoms with Crippen LogP contribution in [0.2, 0.25) is 5.15 Å². The first-order valence-electron chi connectivity index (χ1n) is 5.57. The van der Waals surface area contributed by atoms with Gasteiger partial charge >= 0.3 is 6.18 Å². The van der Waals surface area contributed by atoms with Gasteiger partial charge in [-0.25, -0.2) is 4.98 Å². The molecule has 1 aromatic heterocycles. The van der Waals surface area contributed by atoms with Crippen LogP contribution in [0.3, 0.4) is 0 Å². The van der Waals surface area contributed by atoms with Gasteiger partial charge in [-0.3, -0.25) is 0 Å². The van der Waals surface area contributed by atoms with Gasteiger partial charge in [-0.15, -0.1) is 0 Å². The number of rotatable bonds is 2. The number of hydrogen-bond donors (Lipinski definition) is 1. The molecular weight excluding hydrogens is 485 g/mol. The summed E-state index contributed by atoms with van der Waals surface area (Å²) in [6, 6.07) is 7.21. The van der Waals surface area contributed by atoms with Gasteiger partial charge in [0, 0.05) is 19.2 Å². The molecular formula is C13H7BrClF3INO. The standard InChI is InChI=1S/C13H7BrClF3INO/c14-9-3-1-6(19)5-8(9)11(21)7-2-4-10(13(16,17)18)20-12(7)15/h1-5,11,21H. The highest BCUT2D eigenvalue weighted by Gasteiger charge is 2.33. The van der Waals surface area contributed by atoms with E-state index in [9.17, 15) is 18.3 Å². The van der Waals surface area contributed by atoms with E-state index in [0.29, 0.717) is 10.0 Å². The summed E-state index contributed by atoms with van der Waals surface area (Å²) in [5.41, 5.74) is -0.470. The largest absolute Gasteiger partial charge is 0.433 e. The molecule has 0 amide bonds. The van der Waals surface area contributed by atoms with E-state index in [-0.39, 0.29) is 10.7 Å². The topological polar surface area (TPSA) is 33.1 Å². The molecule has 21 heavy (non-hydrogen) atoms. The highest BCUT2D eigenvalue weighted by molar-refractivity contribution is 14.1. The Morgan fingerprint density at radius 2 is 1.86 bits per heavy atom. The van der Waals surface area contributed by atoms with Gasteiger partial charge in [0.1, 0.15) is 17.0 Å². The lowest BCUT2D eigenvalue weighted by molar-refractivity contribution is -0.141. The number of alkyl halides is 3. The van der Waals surface area contributed by atoms with E-state index in [0.717, 1.165) is 15.7 Å². The molecule has 1 N–H and O–H groups in total. The number of hydrogen-bond acceptors (Lipinski definition) is 2. The van der Waals surface area contributed by atoms with Crippen LogP contribution in [-0.4, -0.2) is 10.1 Å². The van der Waals surface area contributed by atoms with Gasteiger partial charge in [-0.1, -0.05) is 33.6 Å². The molecule has 0 saturated carbocycles. The third kappa shape index (κ3) is 3.88. The molecule has 1 unspecified atom stereocenters. The van der Waals surface area contributed by atoms with Gasteiger partial charge < -0.3 is 5.11 Å². The maximum absolute atomic E-state index is 12.5. The van der Waals surface area contributed by atoms with Crippen molar-refractivity contribution in [3.8, 4) is 0 Å². The summed E-state index contributed by atoms with van der Waals surface area (Å²) in [4.78, 5) is 3.31. The van der Waals surface area contributed by atoms with E-state index >= 15 is 0 Å². The van der Waals surface area contributed by atoms with Crippen molar-refractivity contribution < 1.29 is 18.3 Å². The number of nitrogens with zero attached hydrogens (tertiary/aromatic N) is 1. The van der Waals surface area contributed by atoms with Crippen LogP contribution >= 0.6 is 50.1 Å². The zero-order valence-corrected chi connectivity index (χ0v) is 14.6. The smallest absolute Gasteiger partial charge is 0.384 e. The van der Waals surface area contributed by atoms with Crippen molar-refractivity contribution in [1.82, 2.24) is 4.98 Å². The molecule has 1 aromatic carbocycles. The number of aromatic nitrogens is 1. The average molecular weight is 492 g/mol. The minimum atomic E-state index is -4.57. The predicted octanol–water partition coefficient (Wildman–Crippen LogP) is 5.20. The molecule has 0 saturated heterocycles. The van der Waals surface area contributed by atoms with Crippen molar-refractivity contribution in [1.29, 1.82) is 0 Å². The maximum atomic E-state index is 12.5. The summed E-state index contributed by atoms with van der Waals surface area (Å²) in [6.45, 7) is 0. The quantitative estimate of drug-likeness (QED) is 0.462. The first-order chi connectivity index (χ1) is 9.70. The first kappa shape index (κ1) is 17.0. The zero-order valence-electron chi connectivity index (χ0n) is 10.1. The van der Waals surface area contributed by atoms with Gasteiger partial charge in [0.25, 0.3) is 0 Å². The molecule has 0 aliphatic heterocycles. The Morgan fingerprint density at radius 3 is 2.43 bits per heavy atom. The van der Waals surface area contributed by atoms with Crippen molar-refractivity contribution >= 4 is 50.1 Å². The molecule has 2 aromatic rings.